The average molecular weight is 414 g/mol. The standard InChI is InChI=1S/C20H20BrN3O2/c1-12-9-15(21)7-8-17(12)24-20(26)19(23-13(2)25)10-14-11-22-18-6-4-3-5-16(14)18/h3-9,11,19,22H,10H2,1-2H3,(H,23,25)(H,24,26)/t19-/m1/s1. The lowest BCUT2D eigenvalue weighted by Gasteiger charge is -2.18. The molecule has 1 atom stereocenters. The molecule has 0 fully saturated rings. The zero-order valence-corrected chi connectivity index (χ0v) is 16.2. The number of halogens is 1. The quantitative estimate of drug-likeness (QED) is 0.592. The van der Waals surface area contributed by atoms with Crippen molar-refractivity contribution >= 4 is 44.3 Å². The fourth-order valence-electron chi connectivity index (χ4n) is 2.96. The van der Waals surface area contributed by atoms with Gasteiger partial charge < -0.3 is 15.6 Å². The Balaban J connectivity index is 1.83. The minimum Gasteiger partial charge on any atom is -0.361 e. The highest BCUT2D eigenvalue weighted by Crippen LogP contribution is 2.22. The summed E-state index contributed by atoms with van der Waals surface area (Å²) in [4.78, 5) is 27.6. The molecule has 5 nitrogen and oxygen atoms in total. The van der Waals surface area contributed by atoms with Gasteiger partial charge in [0.2, 0.25) is 11.8 Å². The lowest BCUT2D eigenvalue weighted by molar-refractivity contribution is -0.125. The summed E-state index contributed by atoms with van der Waals surface area (Å²) in [5.41, 5.74) is 3.67. The van der Waals surface area contributed by atoms with Crippen molar-refractivity contribution in [2.24, 2.45) is 0 Å². The van der Waals surface area contributed by atoms with Crippen LogP contribution in [0.5, 0.6) is 0 Å². The van der Waals surface area contributed by atoms with Crippen LogP contribution in [0.4, 0.5) is 5.69 Å². The van der Waals surface area contributed by atoms with E-state index >= 15 is 0 Å². The van der Waals surface area contributed by atoms with Crippen LogP contribution >= 0.6 is 15.9 Å². The van der Waals surface area contributed by atoms with Crippen molar-refractivity contribution in [1.29, 1.82) is 0 Å². The molecule has 6 heteroatoms. The number of nitrogens with one attached hydrogen (secondary N) is 3. The normalized spacial score (nSPS) is 12.0. The highest BCUT2D eigenvalue weighted by molar-refractivity contribution is 9.10. The van der Waals surface area contributed by atoms with E-state index in [1.807, 2.05) is 55.6 Å². The molecule has 134 valence electrons. The maximum Gasteiger partial charge on any atom is 0.247 e. The van der Waals surface area contributed by atoms with Crippen molar-refractivity contribution in [2.75, 3.05) is 5.32 Å². The molecular formula is C20H20BrN3O2. The maximum absolute atomic E-state index is 12.8. The minimum atomic E-state index is -0.658. The van der Waals surface area contributed by atoms with Gasteiger partial charge in [-0.25, -0.2) is 0 Å². The van der Waals surface area contributed by atoms with E-state index in [-0.39, 0.29) is 11.8 Å². The van der Waals surface area contributed by atoms with Crippen LogP contribution in [0.3, 0.4) is 0 Å². The van der Waals surface area contributed by atoms with Crippen LogP contribution in [0.25, 0.3) is 10.9 Å². The molecule has 0 saturated carbocycles. The number of aromatic amines is 1. The number of aromatic nitrogens is 1. The molecular weight excluding hydrogens is 394 g/mol. The van der Waals surface area contributed by atoms with Crippen molar-refractivity contribution in [3.05, 3.63) is 64.3 Å². The van der Waals surface area contributed by atoms with Crippen LogP contribution < -0.4 is 10.6 Å². The summed E-state index contributed by atoms with van der Waals surface area (Å²) in [5.74, 6) is -0.478. The number of carbonyl (C=O) groups is 2. The summed E-state index contributed by atoms with van der Waals surface area (Å²) in [6.07, 6.45) is 2.29. The monoisotopic (exact) mass is 413 g/mol. The van der Waals surface area contributed by atoms with Gasteiger partial charge in [0.05, 0.1) is 0 Å². The Morgan fingerprint density at radius 2 is 1.96 bits per heavy atom. The number of aryl methyl sites for hydroxylation is 1. The largest absolute Gasteiger partial charge is 0.361 e. The van der Waals surface area contributed by atoms with Crippen LogP contribution in [0.1, 0.15) is 18.1 Å². The summed E-state index contributed by atoms with van der Waals surface area (Å²) in [6, 6.07) is 12.9. The van der Waals surface area contributed by atoms with E-state index in [0.717, 1.165) is 32.2 Å². The van der Waals surface area contributed by atoms with Gasteiger partial charge in [0.15, 0.2) is 0 Å². The SMILES string of the molecule is CC(=O)N[C@H](Cc1c[nH]c2ccccc12)C(=O)Nc1ccc(Br)cc1C. The Morgan fingerprint density at radius 1 is 1.19 bits per heavy atom. The van der Waals surface area contributed by atoms with E-state index < -0.39 is 6.04 Å². The molecule has 0 bridgehead atoms. The number of hydrogen-bond acceptors (Lipinski definition) is 2. The van der Waals surface area contributed by atoms with Crippen molar-refractivity contribution in [1.82, 2.24) is 10.3 Å². The number of amides is 2. The molecule has 0 saturated heterocycles. The molecule has 0 aliphatic heterocycles. The predicted octanol–water partition coefficient (Wildman–Crippen LogP) is 3.92. The molecule has 0 unspecified atom stereocenters. The van der Waals surface area contributed by atoms with Gasteiger partial charge in [-0.2, -0.15) is 0 Å². The molecule has 3 aromatic rings. The smallest absolute Gasteiger partial charge is 0.247 e. The van der Waals surface area contributed by atoms with E-state index in [4.69, 9.17) is 0 Å². The van der Waals surface area contributed by atoms with E-state index in [2.05, 4.69) is 31.5 Å². The second kappa shape index (κ2) is 7.74. The van der Waals surface area contributed by atoms with Crippen LogP contribution in [0.2, 0.25) is 0 Å². The molecule has 3 rings (SSSR count). The molecule has 0 aliphatic rings. The third-order valence-electron chi connectivity index (χ3n) is 4.24. The predicted molar refractivity (Wildman–Crippen MR) is 107 cm³/mol. The summed E-state index contributed by atoms with van der Waals surface area (Å²) >= 11 is 3.41. The number of para-hydroxylation sites is 1. The lowest BCUT2D eigenvalue weighted by atomic mass is 10.0. The summed E-state index contributed by atoms with van der Waals surface area (Å²) in [6.45, 7) is 3.34. The van der Waals surface area contributed by atoms with E-state index in [9.17, 15) is 9.59 Å². The zero-order valence-electron chi connectivity index (χ0n) is 14.6. The van der Waals surface area contributed by atoms with Crippen molar-refractivity contribution in [3.63, 3.8) is 0 Å². The van der Waals surface area contributed by atoms with Crippen LogP contribution in [0, 0.1) is 6.92 Å². The van der Waals surface area contributed by atoms with Gasteiger partial charge >= 0.3 is 0 Å². The van der Waals surface area contributed by atoms with Gasteiger partial charge in [-0.15, -0.1) is 0 Å². The Hall–Kier alpha value is -2.60. The first kappa shape index (κ1) is 18.2. The fourth-order valence-corrected chi connectivity index (χ4v) is 3.44. The topological polar surface area (TPSA) is 74.0 Å². The molecule has 3 N–H and O–H groups in total. The molecule has 0 aliphatic carbocycles. The second-order valence-electron chi connectivity index (χ2n) is 6.27. The fraction of sp³-hybridized carbons (Fsp3) is 0.200. The lowest BCUT2D eigenvalue weighted by Crippen LogP contribution is -2.44. The Morgan fingerprint density at radius 3 is 2.69 bits per heavy atom. The van der Waals surface area contributed by atoms with Crippen molar-refractivity contribution < 1.29 is 9.59 Å². The number of anilines is 1. The summed E-state index contributed by atoms with van der Waals surface area (Å²) in [5, 5.41) is 6.73. The third kappa shape index (κ3) is 4.14. The van der Waals surface area contributed by atoms with E-state index in [1.54, 1.807) is 0 Å². The number of fused-ring (bicyclic) bond motifs is 1. The number of hydrogen-bond donors (Lipinski definition) is 3. The molecule has 26 heavy (non-hydrogen) atoms. The van der Waals surface area contributed by atoms with Crippen molar-refractivity contribution in [2.45, 2.75) is 26.3 Å². The number of rotatable bonds is 5. The van der Waals surface area contributed by atoms with Gasteiger partial charge in [-0.1, -0.05) is 34.1 Å². The summed E-state index contributed by atoms with van der Waals surface area (Å²) < 4.78 is 0.949. The third-order valence-corrected chi connectivity index (χ3v) is 4.73. The first-order chi connectivity index (χ1) is 12.4. The number of carbonyl (C=O) groups excluding carboxylic acids is 2. The molecule has 1 heterocycles. The van der Waals surface area contributed by atoms with Gasteiger partial charge in [0, 0.05) is 40.6 Å². The van der Waals surface area contributed by atoms with Crippen LogP contribution in [0.15, 0.2) is 53.1 Å². The van der Waals surface area contributed by atoms with Gasteiger partial charge in [0.25, 0.3) is 0 Å². The second-order valence-corrected chi connectivity index (χ2v) is 7.18. The van der Waals surface area contributed by atoms with Crippen LogP contribution in [-0.4, -0.2) is 22.8 Å². The highest BCUT2D eigenvalue weighted by Gasteiger charge is 2.22. The van der Waals surface area contributed by atoms with Gasteiger partial charge in [0.1, 0.15) is 6.04 Å². The Labute approximate surface area is 160 Å². The molecule has 1 aromatic heterocycles. The van der Waals surface area contributed by atoms with Crippen molar-refractivity contribution in [3.8, 4) is 0 Å². The molecule has 2 amide bonds. The first-order valence-corrected chi connectivity index (χ1v) is 9.12. The molecule has 0 spiro atoms. The van der Waals surface area contributed by atoms with Crippen LogP contribution in [-0.2, 0) is 16.0 Å². The molecule has 2 aromatic carbocycles. The minimum absolute atomic E-state index is 0.238. The zero-order chi connectivity index (χ0) is 18.7. The number of H-pyrrole nitrogens is 1. The maximum atomic E-state index is 12.8. The summed E-state index contributed by atoms with van der Waals surface area (Å²) in [7, 11) is 0. The Kier molecular flexibility index (Phi) is 5.42. The van der Waals surface area contributed by atoms with E-state index in [0.29, 0.717) is 6.42 Å². The van der Waals surface area contributed by atoms with Gasteiger partial charge in [-0.3, -0.25) is 9.59 Å². The van der Waals surface area contributed by atoms with E-state index in [1.165, 1.54) is 6.92 Å². The highest BCUT2D eigenvalue weighted by atomic mass is 79.9. The molecule has 0 radical (unpaired) electrons. The first-order valence-electron chi connectivity index (χ1n) is 8.33. The van der Waals surface area contributed by atoms with Gasteiger partial charge in [-0.05, 0) is 42.3 Å². The number of benzene rings is 2. The Bertz CT molecular complexity index is 965. The average Bonchev–Trinajstić information content (AvgIpc) is 2.99.